The highest BCUT2D eigenvalue weighted by Gasteiger charge is 2.12. The van der Waals surface area contributed by atoms with Gasteiger partial charge in [-0.3, -0.25) is 9.59 Å². The summed E-state index contributed by atoms with van der Waals surface area (Å²) < 4.78 is 6.77. The minimum atomic E-state index is -0.203. The van der Waals surface area contributed by atoms with Gasteiger partial charge in [0.15, 0.2) is 5.78 Å². The molecule has 28 heavy (non-hydrogen) atoms. The molecule has 0 radical (unpaired) electrons. The molecule has 0 saturated heterocycles. The van der Waals surface area contributed by atoms with Crippen LogP contribution in [0.15, 0.2) is 53.0 Å². The molecule has 2 rings (SSSR count). The summed E-state index contributed by atoms with van der Waals surface area (Å²) in [6.07, 6.45) is 0.293. The second-order valence-electron chi connectivity index (χ2n) is 6.35. The van der Waals surface area contributed by atoms with Crippen molar-refractivity contribution in [3.8, 4) is 5.75 Å². The molecule has 0 saturated carbocycles. The summed E-state index contributed by atoms with van der Waals surface area (Å²) in [5.74, 6) is 0.388. The molecule has 0 aromatic heterocycles. The number of benzene rings is 2. The maximum Gasteiger partial charge on any atom is 0.224 e. The number of likely N-dealkylation sites (N-methyl/N-ethyl adjacent to an activating group) is 1. The molecule has 2 aromatic rings. The highest BCUT2D eigenvalue weighted by Crippen LogP contribution is 2.24. The Balaban J connectivity index is 1.86. The van der Waals surface area contributed by atoms with Gasteiger partial charge in [0, 0.05) is 29.4 Å². The second kappa shape index (κ2) is 11.6. The molecule has 0 bridgehead atoms. The molecule has 6 heteroatoms. The fourth-order valence-electron chi connectivity index (χ4n) is 2.74. The molecule has 5 nitrogen and oxygen atoms in total. The van der Waals surface area contributed by atoms with Crippen molar-refractivity contribution in [2.45, 2.75) is 26.7 Å². The summed E-state index contributed by atoms with van der Waals surface area (Å²) in [5.41, 5.74) is 1.24. The molecule has 2 aromatic carbocycles. The summed E-state index contributed by atoms with van der Waals surface area (Å²) >= 11 is 3.34. The van der Waals surface area contributed by atoms with E-state index in [1.54, 1.807) is 18.2 Å². The predicted molar refractivity (Wildman–Crippen MR) is 116 cm³/mol. The summed E-state index contributed by atoms with van der Waals surface area (Å²) in [5, 5.41) is 2.86. The molecule has 150 valence electrons. The van der Waals surface area contributed by atoms with E-state index in [4.69, 9.17) is 4.74 Å². The molecule has 0 fully saturated rings. The molecule has 0 aliphatic heterocycles. The zero-order valence-electron chi connectivity index (χ0n) is 16.4. The van der Waals surface area contributed by atoms with Crippen LogP contribution in [-0.4, -0.2) is 42.8 Å². The Morgan fingerprint density at radius 2 is 1.68 bits per heavy atom. The standard InChI is InChI=1S/C22H27BrN2O3/c1-3-25(4-2)15-16-28-21-8-6-5-7-19(21)24-22(27)14-13-20(26)17-9-11-18(23)12-10-17/h5-12H,3-4,13-16H2,1-2H3,(H,24,27). The number of rotatable bonds is 11. The van der Waals surface area contributed by atoms with Gasteiger partial charge in [-0.05, 0) is 37.4 Å². The van der Waals surface area contributed by atoms with Crippen LogP contribution in [0, 0.1) is 0 Å². The van der Waals surface area contributed by atoms with Gasteiger partial charge in [0.25, 0.3) is 0 Å². The maximum atomic E-state index is 12.3. The lowest BCUT2D eigenvalue weighted by atomic mass is 10.1. The molecule has 0 spiro atoms. The lowest BCUT2D eigenvalue weighted by Gasteiger charge is -2.19. The molecule has 0 aliphatic carbocycles. The number of halogens is 1. The molecule has 0 aliphatic rings. The average Bonchev–Trinajstić information content (AvgIpc) is 2.71. The number of ether oxygens (including phenoxy) is 1. The summed E-state index contributed by atoms with van der Waals surface area (Å²) in [7, 11) is 0. The van der Waals surface area contributed by atoms with E-state index in [-0.39, 0.29) is 24.5 Å². The van der Waals surface area contributed by atoms with Crippen LogP contribution in [0.1, 0.15) is 37.0 Å². The maximum absolute atomic E-state index is 12.3. The van der Waals surface area contributed by atoms with Crippen LogP contribution in [0.4, 0.5) is 5.69 Å². The van der Waals surface area contributed by atoms with E-state index >= 15 is 0 Å². The van der Waals surface area contributed by atoms with Crippen LogP contribution in [0.25, 0.3) is 0 Å². The first-order valence-electron chi connectivity index (χ1n) is 9.56. The zero-order chi connectivity index (χ0) is 20.4. The number of anilines is 1. The van der Waals surface area contributed by atoms with Gasteiger partial charge in [0.1, 0.15) is 12.4 Å². The lowest BCUT2D eigenvalue weighted by Crippen LogP contribution is -2.28. The minimum absolute atomic E-state index is 0.0496. The highest BCUT2D eigenvalue weighted by atomic mass is 79.9. The van der Waals surface area contributed by atoms with Crippen LogP contribution in [0.5, 0.6) is 5.75 Å². The summed E-state index contributed by atoms with van der Waals surface area (Å²) in [6.45, 7) is 7.57. The number of amides is 1. The first kappa shape index (κ1) is 22.1. The smallest absolute Gasteiger partial charge is 0.224 e. The Hall–Kier alpha value is -2.18. The predicted octanol–water partition coefficient (Wildman–Crippen LogP) is 4.77. The first-order chi connectivity index (χ1) is 13.5. The molecular weight excluding hydrogens is 420 g/mol. The Morgan fingerprint density at radius 1 is 1.00 bits per heavy atom. The number of nitrogens with zero attached hydrogens (tertiary/aromatic N) is 1. The van der Waals surface area contributed by atoms with Crippen LogP contribution in [-0.2, 0) is 4.79 Å². The van der Waals surface area contributed by atoms with E-state index in [2.05, 4.69) is 40.0 Å². The first-order valence-corrected chi connectivity index (χ1v) is 10.4. The molecule has 0 unspecified atom stereocenters. The normalized spacial score (nSPS) is 10.7. The van der Waals surface area contributed by atoms with Gasteiger partial charge in [-0.15, -0.1) is 0 Å². The van der Waals surface area contributed by atoms with Crippen molar-refractivity contribution in [3.05, 3.63) is 58.6 Å². The SMILES string of the molecule is CCN(CC)CCOc1ccccc1NC(=O)CCC(=O)c1ccc(Br)cc1. The third-order valence-electron chi connectivity index (χ3n) is 4.47. The number of nitrogens with one attached hydrogen (secondary N) is 1. The minimum Gasteiger partial charge on any atom is -0.490 e. The molecule has 0 atom stereocenters. The molecule has 1 amide bonds. The number of hydrogen-bond donors (Lipinski definition) is 1. The van der Waals surface area contributed by atoms with Gasteiger partial charge in [-0.2, -0.15) is 0 Å². The van der Waals surface area contributed by atoms with Crippen molar-refractivity contribution in [3.63, 3.8) is 0 Å². The number of carbonyl (C=O) groups is 2. The van der Waals surface area contributed by atoms with Crippen molar-refractivity contribution in [1.29, 1.82) is 0 Å². The van der Waals surface area contributed by atoms with Gasteiger partial charge >= 0.3 is 0 Å². The number of carbonyl (C=O) groups excluding carboxylic acids is 2. The molecular formula is C22H27BrN2O3. The third kappa shape index (κ3) is 7.09. The average molecular weight is 447 g/mol. The summed E-state index contributed by atoms with van der Waals surface area (Å²) in [6, 6.07) is 14.5. The topological polar surface area (TPSA) is 58.6 Å². The Kier molecular flexibility index (Phi) is 9.17. The van der Waals surface area contributed by atoms with E-state index in [0.717, 1.165) is 24.1 Å². The fraction of sp³-hybridized carbons (Fsp3) is 0.364. The monoisotopic (exact) mass is 446 g/mol. The van der Waals surface area contributed by atoms with Crippen molar-refractivity contribution in [2.24, 2.45) is 0 Å². The van der Waals surface area contributed by atoms with Gasteiger partial charge in [-0.1, -0.05) is 54.0 Å². The number of Topliss-reactive ketones (excluding diaryl/α,β-unsaturated/α-hetero) is 1. The third-order valence-corrected chi connectivity index (χ3v) is 4.99. The highest BCUT2D eigenvalue weighted by molar-refractivity contribution is 9.10. The Labute approximate surface area is 175 Å². The van der Waals surface area contributed by atoms with Gasteiger partial charge in [0.2, 0.25) is 5.91 Å². The van der Waals surface area contributed by atoms with Crippen LogP contribution < -0.4 is 10.1 Å². The van der Waals surface area contributed by atoms with E-state index in [1.807, 2.05) is 30.3 Å². The number of hydrogen-bond acceptors (Lipinski definition) is 4. The number of ketones is 1. The molecule has 1 N–H and O–H groups in total. The van der Waals surface area contributed by atoms with Crippen molar-refractivity contribution in [1.82, 2.24) is 4.90 Å². The number of para-hydroxylation sites is 2. The van der Waals surface area contributed by atoms with Gasteiger partial charge < -0.3 is 15.0 Å². The molecule has 0 heterocycles. The van der Waals surface area contributed by atoms with Gasteiger partial charge in [0.05, 0.1) is 5.69 Å². The van der Waals surface area contributed by atoms with E-state index in [9.17, 15) is 9.59 Å². The van der Waals surface area contributed by atoms with Crippen molar-refractivity contribution < 1.29 is 14.3 Å². The zero-order valence-corrected chi connectivity index (χ0v) is 18.0. The quantitative estimate of drug-likeness (QED) is 0.504. The van der Waals surface area contributed by atoms with Crippen molar-refractivity contribution in [2.75, 3.05) is 31.6 Å². The van der Waals surface area contributed by atoms with Crippen LogP contribution in [0.2, 0.25) is 0 Å². The Bertz CT molecular complexity index is 774. The largest absolute Gasteiger partial charge is 0.490 e. The Morgan fingerprint density at radius 3 is 2.36 bits per heavy atom. The van der Waals surface area contributed by atoms with Crippen LogP contribution in [0.3, 0.4) is 0 Å². The lowest BCUT2D eigenvalue weighted by molar-refractivity contribution is -0.116. The van der Waals surface area contributed by atoms with E-state index < -0.39 is 0 Å². The van der Waals surface area contributed by atoms with Crippen molar-refractivity contribution >= 4 is 33.3 Å². The fourth-order valence-corrected chi connectivity index (χ4v) is 3.00. The van der Waals surface area contributed by atoms with E-state index in [0.29, 0.717) is 23.6 Å². The summed E-state index contributed by atoms with van der Waals surface area (Å²) in [4.78, 5) is 26.8. The second-order valence-corrected chi connectivity index (χ2v) is 7.27. The van der Waals surface area contributed by atoms with Gasteiger partial charge in [-0.25, -0.2) is 0 Å². The van der Waals surface area contributed by atoms with Crippen LogP contribution >= 0.6 is 15.9 Å². The van der Waals surface area contributed by atoms with E-state index in [1.165, 1.54) is 0 Å².